The highest BCUT2D eigenvalue weighted by Gasteiger charge is 2.26. The molecule has 1 aliphatic carbocycles. The Balaban J connectivity index is 2.41. The summed E-state index contributed by atoms with van der Waals surface area (Å²) >= 11 is 0. The Bertz CT molecular complexity index is 403. The summed E-state index contributed by atoms with van der Waals surface area (Å²) in [4.78, 5) is 0. The van der Waals surface area contributed by atoms with Crippen LogP contribution in [0.25, 0.3) is 0 Å². The van der Waals surface area contributed by atoms with Crippen molar-refractivity contribution in [2.24, 2.45) is 0 Å². The lowest BCUT2D eigenvalue weighted by molar-refractivity contribution is 0.240. The average Bonchev–Trinajstić information content (AvgIpc) is 2.61. The van der Waals surface area contributed by atoms with Gasteiger partial charge in [-0.05, 0) is 38.3 Å². The molecule has 0 saturated carbocycles. The maximum atomic E-state index is 9.07. The van der Waals surface area contributed by atoms with Gasteiger partial charge in [-0.2, -0.15) is 5.26 Å². The summed E-state index contributed by atoms with van der Waals surface area (Å²) in [5.74, 6) is 0.918. The summed E-state index contributed by atoms with van der Waals surface area (Å²) in [6.45, 7) is 4.02. The molecule has 0 N–H and O–H groups in total. The van der Waals surface area contributed by atoms with Gasteiger partial charge < -0.3 is 4.74 Å². The third-order valence-corrected chi connectivity index (χ3v) is 2.73. The maximum Gasteiger partial charge on any atom is 0.124 e. The standard InChI is InChI=1S/C13H15NO/c1-9(2)15-12-5-3-4-10-6-7-11(8-14)13(10)12/h3-5,9,11H,6-7H2,1-2H3. The molecule has 1 aromatic rings. The fourth-order valence-corrected chi connectivity index (χ4v) is 2.13. The van der Waals surface area contributed by atoms with E-state index < -0.39 is 0 Å². The van der Waals surface area contributed by atoms with Gasteiger partial charge >= 0.3 is 0 Å². The predicted octanol–water partition coefficient (Wildman–Crippen LogP) is 3.03. The van der Waals surface area contributed by atoms with E-state index >= 15 is 0 Å². The minimum absolute atomic E-state index is 0.0231. The molecular formula is C13H15NO. The summed E-state index contributed by atoms with van der Waals surface area (Å²) in [6, 6.07) is 8.43. The lowest BCUT2D eigenvalue weighted by Crippen LogP contribution is -2.08. The van der Waals surface area contributed by atoms with Gasteiger partial charge in [0.15, 0.2) is 0 Å². The van der Waals surface area contributed by atoms with E-state index in [1.165, 1.54) is 5.56 Å². The van der Waals surface area contributed by atoms with Crippen molar-refractivity contribution < 1.29 is 4.74 Å². The van der Waals surface area contributed by atoms with E-state index in [0.717, 1.165) is 24.2 Å². The average molecular weight is 201 g/mol. The number of rotatable bonds is 2. The quantitative estimate of drug-likeness (QED) is 0.736. The van der Waals surface area contributed by atoms with E-state index in [1.54, 1.807) is 0 Å². The normalized spacial score (nSPS) is 18.7. The van der Waals surface area contributed by atoms with Crippen LogP contribution < -0.4 is 4.74 Å². The van der Waals surface area contributed by atoms with Crippen LogP contribution in [0, 0.1) is 11.3 Å². The minimum Gasteiger partial charge on any atom is -0.491 e. The van der Waals surface area contributed by atoms with E-state index in [2.05, 4.69) is 12.1 Å². The molecule has 2 nitrogen and oxygen atoms in total. The van der Waals surface area contributed by atoms with Gasteiger partial charge in [0.25, 0.3) is 0 Å². The zero-order valence-electron chi connectivity index (χ0n) is 9.16. The number of ether oxygens (including phenoxy) is 1. The van der Waals surface area contributed by atoms with E-state index in [-0.39, 0.29) is 12.0 Å². The summed E-state index contributed by atoms with van der Waals surface area (Å²) < 4.78 is 5.74. The van der Waals surface area contributed by atoms with E-state index in [9.17, 15) is 0 Å². The molecule has 0 radical (unpaired) electrons. The zero-order chi connectivity index (χ0) is 10.8. The SMILES string of the molecule is CC(C)Oc1cccc2c1C(C#N)CC2. The zero-order valence-corrected chi connectivity index (χ0v) is 9.16. The van der Waals surface area contributed by atoms with Crippen LogP contribution in [0.2, 0.25) is 0 Å². The van der Waals surface area contributed by atoms with Crippen molar-refractivity contribution in [1.29, 1.82) is 5.26 Å². The van der Waals surface area contributed by atoms with E-state index in [4.69, 9.17) is 10.00 Å². The number of hydrogen-bond donors (Lipinski definition) is 0. The molecular weight excluding hydrogens is 186 g/mol. The Morgan fingerprint density at radius 3 is 2.93 bits per heavy atom. The van der Waals surface area contributed by atoms with Crippen molar-refractivity contribution in [3.8, 4) is 11.8 Å². The van der Waals surface area contributed by atoms with Gasteiger partial charge in [0, 0.05) is 5.56 Å². The van der Waals surface area contributed by atoms with Crippen molar-refractivity contribution in [2.75, 3.05) is 0 Å². The summed E-state index contributed by atoms with van der Waals surface area (Å²) in [5, 5.41) is 9.07. The molecule has 0 heterocycles. The van der Waals surface area contributed by atoms with Gasteiger partial charge in [0.1, 0.15) is 5.75 Å². The fraction of sp³-hybridized carbons (Fsp3) is 0.462. The maximum absolute atomic E-state index is 9.07. The van der Waals surface area contributed by atoms with Crippen molar-refractivity contribution in [3.63, 3.8) is 0 Å². The molecule has 0 spiro atoms. The second-order valence-electron chi connectivity index (χ2n) is 4.22. The molecule has 0 bridgehead atoms. The van der Waals surface area contributed by atoms with Crippen LogP contribution in [0.3, 0.4) is 0 Å². The first-order valence-electron chi connectivity index (χ1n) is 5.40. The van der Waals surface area contributed by atoms with Crippen molar-refractivity contribution >= 4 is 0 Å². The Morgan fingerprint density at radius 2 is 2.27 bits per heavy atom. The van der Waals surface area contributed by atoms with Gasteiger partial charge in [-0.25, -0.2) is 0 Å². The van der Waals surface area contributed by atoms with Crippen LogP contribution in [-0.2, 0) is 6.42 Å². The highest BCUT2D eigenvalue weighted by molar-refractivity contribution is 5.48. The number of nitriles is 1. The Labute approximate surface area is 90.5 Å². The second-order valence-corrected chi connectivity index (χ2v) is 4.22. The summed E-state index contributed by atoms with van der Waals surface area (Å²) in [5.41, 5.74) is 2.40. The van der Waals surface area contributed by atoms with Crippen molar-refractivity contribution in [3.05, 3.63) is 29.3 Å². The van der Waals surface area contributed by atoms with Crippen LogP contribution in [0.4, 0.5) is 0 Å². The number of nitrogens with zero attached hydrogens (tertiary/aromatic N) is 1. The molecule has 78 valence electrons. The number of fused-ring (bicyclic) bond motifs is 1. The fourth-order valence-electron chi connectivity index (χ4n) is 2.13. The molecule has 2 heteroatoms. The second kappa shape index (κ2) is 3.94. The van der Waals surface area contributed by atoms with Crippen LogP contribution in [0.5, 0.6) is 5.75 Å². The van der Waals surface area contributed by atoms with Crippen molar-refractivity contribution in [1.82, 2.24) is 0 Å². The molecule has 1 unspecified atom stereocenters. The first-order chi connectivity index (χ1) is 7.22. The molecule has 0 amide bonds. The van der Waals surface area contributed by atoms with Gasteiger partial charge in [0.05, 0.1) is 18.1 Å². The van der Waals surface area contributed by atoms with Gasteiger partial charge in [-0.15, -0.1) is 0 Å². The summed E-state index contributed by atoms with van der Waals surface area (Å²) in [6.07, 6.45) is 2.10. The molecule has 0 aliphatic heterocycles. The molecule has 2 rings (SSSR count). The molecule has 0 saturated heterocycles. The van der Waals surface area contributed by atoms with Crippen LogP contribution in [0.15, 0.2) is 18.2 Å². The predicted molar refractivity (Wildman–Crippen MR) is 58.9 cm³/mol. The summed E-state index contributed by atoms with van der Waals surface area (Å²) in [7, 11) is 0. The highest BCUT2D eigenvalue weighted by Crippen LogP contribution is 2.39. The first-order valence-corrected chi connectivity index (χ1v) is 5.40. The Hall–Kier alpha value is -1.49. The lowest BCUT2D eigenvalue weighted by Gasteiger charge is -2.14. The molecule has 1 atom stereocenters. The van der Waals surface area contributed by atoms with Gasteiger partial charge in [-0.3, -0.25) is 0 Å². The highest BCUT2D eigenvalue weighted by atomic mass is 16.5. The lowest BCUT2D eigenvalue weighted by atomic mass is 10.0. The molecule has 0 aromatic heterocycles. The Kier molecular flexibility index (Phi) is 2.64. The number of hydrogen-bond acceptors (Lipinski definition) is 2. The van der Waals surface area contributed by atoms with Gasteiger partial charge in [-0.1, -0.05) is 12.1 Å². The molecule has 1 aliphatic rings. The third kappa shape index (κ3) is 1.83. The molecule has 0 fully saturated rings. The van der Waals surface area contributed by atoms with Crippen LogP contribution in [-0.4, -0.2) is 6.10 Å². The van der Waals surface area contributed by atoms with Crippen LogP contribution in [0.1, 0.15) is 37.3 Å². The van der Waals surface area contributed by atoms with E-state index in [1.807, 2.05) is 26.0 Å². The Morgan fingerprint density at radius 1 is 1.47 bits per heavy atom. The monoisotopic (exact) mass is 201 g/mol. The number of aryl methyl sites for hydroxylation is 1. The van der Waals surface area contributed by atoms with E-state index in [0.29, 0.717) is 0 Å². The molecule has 1 aromatic carbocycles. The smallest absolute Gasteiger partial charge is 0.124 e. The third-order valence-electron chi connectivity index (χ3n) is 2.73. The molecule has 15 heavy (non-hydrogen) atoms. The van der Waals surface area contributed by atoms with Crippen LogP contribution >= 0.6 is 0 Å². The van der Waals surface area contributed by atoms with Crippen molar-refractivity contribution in [2.45, 2.75) is 38.7 Å². The topological polar surface area (TPSA) is 33.0 Å². The van der Waals surface area contributed by atoms with Gasteiger partial charge in [0.2, 0.25) is 0 Å². The first kappa shape index (κ1) is 10.0. The number of benzene rings is 1. The largest absolute Gasteiger partial charge is 0.491 e. The minimum atomic E-state index is 0.0231.